The zero-order valence-corrected chi connectivity index (χ0v) is 24.8. The zero-order chi connectivity index (χ0) is 33.2. The van der Waals surface area contributed by atoms with Crippen LogP contribution in [0.25, 0.3) is 20.9 Å². The van der Waals surface area contributed by atoms with Crippen LogP contribution in [0.2, 0.25) is 0 Å². The number of hydrogen-bond acceptors (Lipinski definition) is 7. The third-order valence-electron chi connectivity index (χ3n) is 7.45. The van der Waals surface area contributed by atoms with Gasteiger partial charge >= 0.3 is 0 Å². The summed E-state index contributed by atoms with van der Waals surface area (Å²) in [6.07, 6.45) is -0.907. The molecule has 1 aliphatic rings. The minimum atomic E-state index is -1.84. The van der Waals surface area contributed by atoms with Gasteiger partial charge in [-0.2, -0.15) is 0 Å². The molecular weight excluding hydrogens is 610 g/mol. The molecule has 14 heteroatoms. The van der Waals surface area contributed by atoms with Crippen LogP contribution in [0.3, 0.4) is 0 Å². The van der Waals surface area contributed by atoms with Gasteiger partial charge < -0.3 is 19.9 Å². The number of carbonyl (C=O) groups is 1. The maximum absolute atomic E-state index is 14.6. The van der Waals surface area contributed by atoms with Crippen LogP contribution >= 0.6 is 0 Å². The summed E-state index contributed by atoms with van der Waals surface area (Å²) in [6.45, 7) is -0.0802. The van der Waals surface area contributed by atoms with Gasteiger partial charge in [0.2, 0.25) is 5.90 Å². The summed E-state index contributed by atoms with van der Waals surface area (Å²) in [5.41, 5.74) is 18.3. The number of aliphatic hydroxyl groups is 1. The van der Waals surface area contributed by atoms with Gasteiger partial charge in [0.05, 0.1) is 6.61 Å². The molecule has 0 unspecified atom stereocenters. The van der Waals surface area contributed by atoms with E-state index in [4.69, 9.17) is 19.6 Å². The molecule has 1 heterocycles. The predicted molar refractivity (Wildman–Crippen MR) is 169 cm³/mol. The number of nitrogens with zero attached hydrogens (tertiary/aromatic N) is 7. The van der Waals surface area contributed by atoms with Gasteiger partial charge in [0, 0.05) is 63.9 Å². The van der Waals surface area contributed by atoms with E-state index in [1.807, 2.05) is 0 Å². The van der Waals surface area contributed by atoms with E-state index >= 15 is 0 Å². The molecular formula is C33H28F2N8O4. The maximum atomic E-state index is 14.6. The fourth-order valence-corrected chi connectivity index (χ4v) is 5.21. The molecule has 2 N–H and O–H groups in total. The van der Waals surface area contributed by atoms with Gasteiger partial charge in [-0.3, -0.25) is 4.79 Å². The molecule has 0 saturated heterocycles. The van der Waals surface area contributed by atoms with Gasteiger partial charge in [0.1, 0.15) is 17.4 Å². The van der Waals surface area contributed by atoms with Crippen molar-refractivity contribution >= 4 is 23.2 Å². The second kappa shape index (κ2) is 14.9. The van der Waals surface area contributed by atoms with Crippen molar-refractivity contribution in [1.29, 1.82) is 0 Å². The number of ether oxygens (including phenoxy) is 2. The van der Waals surface area contributed by atoms with Crippen molar-refractivity contribution in [2.45, 2.75) is 31.0 Å². The lowest BCUT2D eigenvalue weighted by Gasteiger charge is -2.32. The number of aliphatic imine (C=N–C) groups is 1. The van der Waals surface area contributed by atoms with Crippen molar-refractivity contribution in [2.24, 2.45) is 15.2 Å². The van der Waals surface area contributed by atoms with E-state index in [9.17, 15) is 24.6 Å². The summed E-state index contributed by atoms with van der Waals surface area (Å²) in [6, 6.07) is 22.9. The van der Waals surface area contributed by atoms with Crippen molar-refractivity contribution in [2.75, 3.05) is 13.2 Å². The Bertz CT molecular complexity index is 1890. The quantitative estimate of drug-likeness (QED) is 0.0670. The standard InChI is InChI=1S/C33H28F2N8O4/c34-24-12-15-27(35)23(18-24)20-38-32(45)33(19-22-6-1-3-8-28(22)40-42-36)30(26-7-2-4-9-29(26)41-43-37)47-31(39-33)21-10-13-25(14-11-21)46-17-5-16-44/h1-4,6-15,18,30,44H,5,16-17,19-20H2,(H,38,45)/t30-,33-/m1/s1. The fraction of sp³-hybridized carbons (Fsp3) is 0.212. The highest BCUT2D eigenvalue weighted by Crippen LogP contribution is 2.46. The van der Waals surface area contributed by atoms with Crippen LogP contribution < -0.4 is 10.1 Å². The number of benzene rings is 4. The van der Waals surface area contributed by atoms with Crippen molar-refractivity contribution in [1.82, 2.24) is 5.32 Å². The molecule has 0 spiro atoms. The van der Waals surface area contributed by atoms with Crippen LogP contribution in [0.15, 0.2) is 106 Å². The highest BCUT2D eigenvalue weighted by atomic mass is 19.1. The smallest absolute Gasteiger partial charge is 0.252 e. The first-order valence-electron chi connectivity index (χ1n) is 14.5. The first kappa shape index (κ1) is 32.5. The van der Waals surface area contributed by atoms with Crippen LogP contribution in [0.1, 0.15) is 34.8 Å². The molecule has 47 heavy (non-hydrogen) atoms. The Morgan fingerprint density at radius 1 is 0.957 bits per heavy atom. The summed E-state index contributed by atoms with van der Waals surface area (Å²) in [5.74, 6) is -1.50. The SMILES string of the molecule is [N-]=[N+]=Nc1ccccc1C[C@@]1(C(=O)NCc2cc(F)ccc2F)N=C(c2ccc(OCCCO)cc2)O[C@@H]1c1ccccc1N=[N+]=[N-]. The predicted octanol–water partition coefficient (Wildman–Crippen LogP) is 7.43. The zero-order valence-electron chi connectivity index (χ0n) is 24.8. The van der Waals surface area contributed by atoms with Crippen molar-refractivity contribution in [3.05, 3.63) is 146 Å². The minimum absolute atomic E-state index is 0.0136. The summed E-state index contributed by atoms with van der Waals surface area (Å²) in [7, 11) is 0. The number of carbonyl (C=O) groups excluding carboxylic acids is 1. The summed E-state index contributed by atoms with van der Waals surface area (Å²) >= 11 is 0. The molecule has 0 aromatic heterocycles. The normalized spacial score (nSPS) is 16.7. The Hall–Kier alpha value is -5.94. The molecule has 238 valence electrons. The molecule has 12 nitrogen and oxygen atoms in total. The summed E-state index contributed by atoms with van der Waals surface area (Å²) in [5, 5.41) is 19.4. The third-order valence-corrected chi connectivity index (χ3v) is 7.45. The molecule has 1 aliphatic heterocycles. The van der Waals surface area contributed by atoms with Crippen LogP contribution in [0.4, 0.5) is 20.2 Å². The van der Waals surface area contributed by atoms with Gasteiger partial charge in [-0.05, 0) is 59.1 Å². The van der Waals surface area contributed by atoms with Crippen molar-refractivity contribution < 1.29 is 28.2 Å². The monoisotopic (exact) mass is 638 g/mol. The topological polar surface area (TPSA) is 178 Å². The van der Waals surface area contributed by atoms with Crippen LogP contribution in [-0.2, 0) is 22.5 Å². The van der Waals surface area contributed by atoms with E-state index in [1.54, 1.807) is 72.8 Å². The number of aliphatic hydroxyl groups excluding tert-OH is 1. The van der Waals surface area contributed by atoms with Gasteiger partial charge in [0.25, 0.3) is 5.91 Å². The van der Waals surface area contributed by atoms with E-state index in [2.05, 4.69) is 25.4 Å². The Balaban J connectivity index is 1.65. The number of azide groups is 2. The maximum Gasteiger partial charge on any atom is 0.252 e. The number of rotatable bonds is 13. The Morgan fingerprint density at radius 3 is 2.40 bits per heavy atom. The summed E-state index contributed by atoms with van der Waals surface area (Å²) in [4.78, 5) is 25.2. The molecule has 0 aliphatic carbocycles. The van der Waals surface area contributed by atoms with E-state index in [1.165, 1.54) is 0 Å². The molecule has 4 aromatic carbocycles. The van der Waals surface area contributed by atoms with Crippen LogP contribution in [-0.4, -0.2) is 35.7 Å². The molecule has 0 fully saturated rings. The van der Waals surface area contributed by atoms with Crippen LogP contribution in [0.5, 0.6) is 5.75 Å². The molecule has 1 amide bonds. The minimum Gasteiger partial charge on any atom is -0.494 e. The lowest BCUT2D eigenvalue weighted by atomic mass is 9.81. The van der Waals surface area contributed by atoms with Crippen molar-refractivity contribution in [3.63, 3.8) is 0 Å². The largest absolute Gasteiger partial charge is 0.494 e. The number of hydrogen-bond donors (Lipinski definition) is 2. The van der Waals surface area contributed by atoms with Gasteiger partial charge in [0.15, 0.2) is 11.6 Å². The second-order valence-electron chi connectivity index (χ2n) is 10.5. The van der Waals surface area contributed by atoms with Crippen LogP contribution in [0, 0.1) is 11.6 Å². The Labute approximate surface area is 267 Å². The molecule has 0 bridgehead atoms. The third kappa shape index (κ3) is 7.32. The van der Waals surface area contributed by atoms with E-state index < -0.39 is 29.2 Å². The highest BCUT2D eigenvalue weighted by molar-refractivity contribution is 6.01. The van der Waals surface area contributed by atoms with Crippen molar-refractivity contribution in [3.8, 4) is 5.75 Å². The van der Waals surface area contributed by atoms with E-state index in [-0.39, 0.29) is 42.4 Å². The van der Waals surface area contributed by atoms with Gasteiger partial charge in [-0.25, -0.2) is 13.8 Å². The first-order valence-corrected chi connectivity index (χ1v) is 14.5. The van der Waals surface area contributed by atoms with Gasteiger partial charge in [-0.1, -0.05) is 58.8 Å². The number of amides is 1. The average molecular weight is 639 g/mol. The lowest BCUT2D eigenvalue weighted by molar-refractivity contribution is -0.129. The Kier molecular flexibility index (Phi) is 10.3. The molecule has 5 rings (SSSR count). The average Bonchev–Trinajstić information content (AvgIpc) is 3.47. The molecule has 0 radical (unpaired) electrons. The fourth-order valence-electron chi connectivity index (χ4n) is 5.21. The first-order chi connectivity index (χ1) is 22.9. The molecule has 4 aromatic rings. The highest BCUT2D eigenvalue weighted by Gasteiger charge is 2.54. The molecule has 0 saturated carbocycles. The van der Waals surface area contributed by atoms with E-state index in [0.717, 1.165) is 18.2 Å². The van der Waals surface area contributed by atoms with E-state index in [0.29, 0.717) is 35.5 Å². The number of halogens is 2. The number of nitrogens with one attached hydrogen (secondary N) is 1. The Morgan fingerprint density at radius 2 is 1.66 bits per heavy atom. The summed E-state index contributed by atoms with van der Waals surface area (Å²) < 4.78 is 40.7. The lowest BCUT2D eigenvalue weighted by Crippen LogP contribution is -2.49. The molecule has 2 atom stereocenters. The second-order valence-corrected chi connectivity index (χ2v) is 10.5. The van der Waals surface area contributed by atoms with Gasteiger partial charge in [-0.15, -0.1) is 0 Å².